The lowest BCUT2D eigenvalue weighted by atomic mass is 9.95. The molecule has 0 spiro atoms. The number of carbonyl (C=O) groups is 1. The Bertz CT molecular complexity index is 390. The summed E-state index contributed by atoms with van der Waals surface area (Å²) in [6.07, 6.45) is 1.95. The van der Waals surface area contributed by atoms with E-state index in [2.05, 4.69) is 32.0 Å². The molecule has 0 N–H and O–H groups in total. The van der Waals surface area contributed by atoms with Gasteiger partial charge < -0.3 is 0 Å². The largest absolute Gasteiger partial charge is 0.294 e. The molecule has 0 radical (unpaired) electrons. The zero-order chi connectivity index (χ0) is 11.0. The number of hydrogen-bond acceptors (Lipinski definition) is 1. The number of Topliss-reactive ketones (excluding diaryl/α,β-unsaturated/α-hetero) is 1. The van der Waals surface area contributed by atoms with E-state index in [0.717, 1.165) is 18.4 Å². The number of hydrogen-bond donors (Lipinski definition) is 0. The van der Waals surface area contributed by atoms with Crippen LogP contribution in [0.5, 0.6) is 0 Å². The molecule has 1 aromatic carbocycles. The Kier molecular flexibility index (Phi) is 2.64. The van der Waals surface area contributed by atoms with E-state index in [0.29, 0.717) is 11.7 Å². The summed E-state index contributed by atoms with van der Waals surface area (Å²) in [4.78, 5) is 12.0. The highest BCUT2D eigenvalue weighted by Gasteiger charge is 2.28. The van der Waals surface area contributed by atoms with Crippen molar-refractivity contribution in [3.63, 3.8) is 0 Å². The van der Waals surface area contributed by atoms with Gasteiger partial charge in [0.05, 0.1) is 0 Å². The third kappa shape index (κ3) is 1.83. The molecule has 0 saturated carbocycles. The summed E-state index contributed by atoms with van der Waals surface area (Å²) < 4.78 is 0. The summed E-state index contributed by atoms with van der Waals surface area (Å²) >= 11 is 0. The average Bonchev–Trinajstić information content (AvgIpc) is 2.43. The van der Waals surface area contributed by atoms with Crippen LogP contribution in [-0.2, 0) is 12.8 Å². The molecule has 0 amide bonds. The minimum atomic E-state index is 0.188. The van der Waals surface area contributed by atoms with Crippen LogP contribution in [0.3, 0.4) is 0 Å². The van der Waals surface area contributed by atoms with E-state index in [-0.39, 0.29) is 5.92 Å². The maximum absolute atomic E-state index is 12.0. The van der Waals surface area contributed by atoms with Crippen LogP contribution in [0.2, 0.25) is 0 Å². The van der Waals surface area contributed by atoms with Crippen LogP contribution in [0, 0.1) is 11.8 Å². The van der Waals surface area contributed by atoms with Gasteiger partial charge >= 0.3 is 0 Å². The molecule has 0 heterocycles. The van der Waals surface area contributed by atoms with Gasteiger partial charge in [-0.15, -0.1) is 0 Å². The Balaban J connectivity index is 2.43. The Morgan fingerprint density at radius 2 is 2.13 bits per heavy atom. The van der Waals surface area contributed by atoms with Gasteiger partial charge in [-0.3, -0.25) is 4.79 Å². The molecule has 1 aromatic rings. The van der Waals surface area contributed by atoms with Gasteiger partial charge in [0.25, 0.3) is 0 Å². The summed E-state index contributed by atoms with van der Waals surface area (Å²) in [5.74, 6) is 1.15. The number of benzene rings is 1. The highest BCUT2D eigenvalue weighted by atomic mass is 16.1. The normalized spacial score (nSPS) is 19.7. The molecule has 0 saturated heterocycles. The van der Waals surface area contributed by atoms with Gasteiger partial charge in [0.2, 0.25) is 0 Å². The van der Waals surface area contributed by atoms with E-state index in [1.807, 2.05) is 6.92 Å². The molecule has 1 nitrogen and oxygen atoms in total. The molecular formula is C14H18O. The maximum Gasteiger partial charge on any atom is 0.166 e. The summed E-state index contributed by atoms with van der Waals surface area (Å²) in [6, 6.07) is 6.29. The molecule has 0 aliphatic heterocycles. The van der Waals surface area contributed by atoms with Crippen molar-refractivity contribution < 1.29 is 4.79 Å². The molecule has 2 rings (SSSR count). The fourth-order valence-electron chi connectivity index (χ4n) is 2.42. The van der Waals surface area contributed by atoms with Gasteiger partial charge in [-0.05, 0) is 29.9 Å². The molecule has 0 bridgehead atoms. The van der Waals surface area contributed by atoms with Crippen molar-refractivity contribution in [3.8, 4) is 0 Å². The highest BCUT2D eigenvalue weighted by Crippen LogP contribution is 2.30. The minimum absolute atomic E-state index is 0.188. The zero-order valence-electron chi connectivity index (χ0n) is 9.71. The Morgan fingerprint density at radius 1 is 1.40 bits per heavy atom. The number of rotatable bonds is 2. The molecule has 80 valence electrons. The molecule has 15 heavy (non-hydrogen) atoms. The number of carbonyl (C=O) groups excluding carboxylic acids is 1. The average molecular weight is 202 g/mol. The number of ketones is 1. The first-order chi connectivity index (χ1) is 7.09. The number of fused-ring (bicyclic) bond motifs is 1. The molecule has 1 atom stereocenters. The second-order valence-electron chi connectivity index (χ2n) is 5.02. The summed E-state index contributed by atoms with van der Waals surface area (Å²) in [5, 5.41) is 0. The van der Waals surface area contributed by atoms with Crippen molar-refractivity contribution in [1.29, 1.82) is 0 Å². The summed E-state index contributed by atoms with van der Waals surface area (Å²) in [6.45, 7) is 6.42. The SMILES string of the molecule is CC(C)Cc1cccc2c1C(=O)C(C)C2. The fraction of sp³-hybridized carbons (Fsp3) is 0.500. The smallest absolute Gasteiger partial charge is 0.166 e. The Morgan fingerprint density at radius 3 is 2.80 bits per heavy atom. The van der Waals surface area contributed by atoms with E-state index in [1.165, 1.54) is 11.1 Å². The molecule has 0 aromatic heterocycles. The maximum atomic E-state index is 12.0. The summed E-state index contributed by atoms with van der Waals surface area (Å²) in [5.41, 5.74) is 3.53. The van der Waals surface area contributed by atoms with Crippen LogP contribution in [0.4, 0.5) is 0 Å². The lowest BCUT2D eigenvalue weighted by molar-refractivity contribution is 0.0945. The molecule has 1 heteroatoms. The van der Waals surface area contributed by atoms with E-state index in [4.69, 9.17) is 0 Å². The zero-order valence-corrected chi connectivity index (χ0v) is 9.71. The van der Waals surface area contributed by atoms with Crippen molar-refractivity contribution in [3.05, 3.63) is 34.9 Å². The minimum Gasteiger partial charge on any atom is -0.294 e. The third-order valence-electron chi connectivity index (χ3n) is 3.09. The van der Waals surface area contributed by atoms with Gasteiger partial charge in [-0.25, -0.2) is 0 Å². The van der Waals surface area contributed by atoms with Crippen LogP contribution in [0.25, 0.3) is 0 Å². The van der Waals surface area contributed by atoms with E-state index in [9.17, 15) is 4.79 Å². The second kappa shape index (κ2) is 3.80. The Labute approximate surface area is 91.5 Å². The standard InChI is InChI=1S/C14H18O/c1-9(2)7-11-5-4-6-12-8-10(3)14(15)13(11)12/h4-6,9-10H,7-8H2,1-3H3. The third-order valence-corrected chi connectivity index (χ3v) is 3.09. The lowest BCUT2D eigenvalue weighted by Gasteiger charge is -2.09. The first kappa shape index (κ1) is 10.4. The van der Waals surface area contributed by atoms with Gasteiger partial charge in [0.1, 0.15) is 0 Å². The summed E-state index contributed by atoms with van der Waals surface area (Å²) in [7, 11) is 0. The fourth-order valence-corrected chi connectivity index (χ4v) is 2.42. The quantitative estimate of drug-likeness (QED) is 0.719. The van der Waals surface area contributed by atoms with Crippen molar-refractivity contribution in [2.45, 2.75) is 33.6 Å². The van der Waals surface area contributed by atoms with Crippen LogP contribution in [-0.4, -0.2) is 5.78 Å². The van der Waals surface area contributed by atoms with Crippen LogP contribution in [0.1, 0.15) is 42.3 Å². The van der Waals surface area contributed by atoms with E-state index in [1.54, 1.807) is 0 Å². The van der Waals surface area contributed by atoms with Crippen molar-refractivity contribution >= 4 is 5.78 Å². The van der Waals surface area contributed by atoms with E-state index < -0.39 is 0 Å². The molecule has 1 unspecified atom stereocenters. The predicted octanol–water partition coefficient (Wildman–Crippen LogP) is 3.26. The van der Waals surface area contributed by atoms with Crippen molar-refractivity contribution in [1.82, 2.24) is 0 Å². The monoisotopic (exact) mass is 202 g/mol. The van der Waals surface area contributed by atoms with Gasteiger partial charge in [0.15, 0.2) is 5.78 Å². The van der Waals surface area contributed by atoms with Crippen molar-refractivity contribution in [2.24, 2.45) is 11.8 Å². The molecule has 1 aliphatic carbocycles. The molecule has 0 fully saturated rings. The van der Waals surface area contributed by atoms with Crippen LogP contribution < -0.4 is 0 Å². The molecular weight excluding hydrogens is 184 g/mol. The Hall–Kier alpha value is -1.11. The first-order valence-electron chi connectivity index (χ1n) is 5.74. The topological polar surface area (TPSA) is 17.1 Å². The lowest BCUT2D eigenvalue weighted by Crippen LogP contribution is -2.07. The van der Waals surface area contributed by atoms with Gasteiger partial charge in [-0.2, -0.15) is 0 Å². The van der Waals surface area contributed by atoms with Gasteiger partial charge in [-0.1, -0.05) is 39.0 Å². The van der Waals surface area contributed by atoms with E-state index >= 15 is 0 Å². The van der Waals surface area contributed by atoms with Crippen LogP contribution in [0.15, 0.2) is 18.2 Å². The first-order valence-corrected chi connectivity index (χ1v) is 5.74. The van der Waals surface area contributed by atoms with Crippen molar-refractivity contribution in [2.75, 3.05) is 0 Å². The predicted molar refractivity (Wildman–Crippen MR) is 62.2 cm³/mol. The highest BCUT2D eigenvalue weighted by molar-refractivity contribution is 6.03. The van der Waals surface area contributed by atoms with Crippen LogP contribution >= 0.6 is 0 Å². The second-order valence-corrected chi connectivity index (χ2v) is 5.02. The van der Waals surface area contributed by atoms with Gasteiger partial charge in [0, 0.05) is 11.5 Å². The molecule has 1 aliphatic rings.